The van der Waals surface area contributed by atoms with Crippen LogP contribution in [0.1, 0.15) is 20.8 Å². The first-order valence-electron chi connectivity index (χ1n) is 4.95. The Kier molecular flexibility index (Phi) is 4.07. The number of halogens is 1. The highest BCUT2D eigenvalue weighted by Crippen LogP contribution is 2.16. The van der Waals surface area contributed by atoms with Crippen LogP contribution in [0.25, 0.3) is 0 Å². The molecule has 1 aromatic rings. The van der Waals surface area contributed by atoms with Crippen LogP contribution in [0, 0.1) is 0 Å². The minimum Gasteiger partial charge on any atom is -0.464 e. The number of nitrogens with zero attached hydrogens (tertiary/aromatic N) is 3. The summed E-state index contributed by atoms with van der Waals surface area (Å²) in [6.07, 6.45) is -1.39. The number of rotatable bonds is 1. The van der Waals surface area contributed by atoms with E-state index in [2.05, 4.69) is 9.97 Å². The number of anilines is 1. The molecule has 1 N–H and O–H groups in total. The molecule has 0 saturated carbocycles. The van der Waals surface area contributed by atoms with Gasteiger partial charge < -0.3 is 9.84 Å². The van der Waals surface area contributed by atoms with Gasteiger partial charge >= 0.3 is 12.2 Å². The zero-order valence-electron chi connectivity index (χ0n) is 10.0. The summed E-state index contributed by atoms with van der Waals surface area (Å²) in [4.78, 5) is 30.3. The Morgan fingerprint density at radius 1 is 1.44 bits per heavy atom. The molecule has 7 nitrogen and oxygen atoms in total. The average Bonchev–Trinajstić information content (AvgIpc) is 2.13. The molecule has 1 heterocycles. The largest absolute Gasteiger partial charge is 0.464 e. The highest BCUT2D eigenvalue weighted by molar-refractivity contribution is 6.29. The molecule has 0 aliphatic heterocycles. The SMILES string of the molecule is CC(C)(C)OC(=O)N(C(=O)O)c1nccc(Cl)n1. The van der Waals surface area contributed by atoms with Crippen molar-refractivity contribution in [3.63, 3.8) is 0 Å². The van der Waals surface area contributed by atoms with E-state index in [0.29, 0.717) is 0 Å². The first-order chi connectivity index (χ1) is 8.20. The van der Waals surface area contributed by atoms with Crippen LogP contribution >= 0.6 is 11.6 Å². The second kappa shape index (κ2) is 5.18. The summed E-state index contributed by atoms with van der Waals surface area (Å²) in [6.45, 7) is 4.84. The van der Waals surface area contributed by atoms with Gasteiger partial charge in [0.1, 0.15) is 10.8 Å². The molecule has 98 valence electrons. The van der Waals surface area contributed by atoms with E-state index in [-0.39, 0.29) is 16.0 Å². The van der Waals surface area contributed by atoms with Crippen LogP contribution in [0.4, 0.5) is 15.5 Å². The van der Waals surface area contributed by atoms with Crippen molar-refractivity contribution >= 4 is 29.7 Å². The van der Waals surface area contributed by atoms with Gasteiger partial charge in [-0.2, -0.15) is 0 Å². The van der Waals surface area contributed by atoms with Crippen LogP contribution < -0.4 is 4.90 Å². The Bertz CT molecular complexity index is 472. The molecule has 2 amide bonds. The van der Waals surface area contributed by atoms with Gasteiger partial charge in [0.05, 0.1) is 0 Å². The van der Waals surface area contributed by atoms with Crippen LogP contribution in [-0.2, 0) is 4.74 Å². The Morgan fingerprint density at radius 3 is 2.50 bits per heavy atom. The number of hydrogen-bond donors (Lipinski definition) is 1. The lowest BCUT2D eigenvalue weighted by Gasteiger charge is -2.23. The van der Waals surface area contributed by atoms with E-state index < -0.39 is 17.8 Å². The molecule has 0 saturated heterocycles. The minimum absolute atomic E-state index is 0.0230. The monoisotopic (exact) mass is 273 g/mol. The predicted molar refractivity (Wildman–Crippen MR) is 63.8 cm³/mol. The summed E-state index contributed by atoms with van der Waals surface area (Å²) in [5, 5.41) is 9.01. The number of ether oxygens (including phenoxy) is 1. The summed E-state index contributed by atoms with van der Waals surface area (Å²) in [6, 6.07) is 1.36. The fourth-order valence-corrected chi connectivity index (χ4v) is 1.12. The summed E-state index contributed by atoms with van der Waals surface area (Å²) in [5.74, 6) is -0.357. The Labute approximate surface area is 108 Å². The molecule has 0 aromatic carbocycles. The molecule has 0 radical (unpaired) electrons. The van der Waals surface area contributed by atoms with Crippen LogP contribution in [0.5, 0.6) is 0 Å². The Balaban J connectivity index is 3.04. The average molecular weight is 274 g/mol. The molecule has 0 aliphatic carbocycles. The molecular formula is C10H12ClN3O4. The van der Waals surface area contributed by atoms with Crippen molar-refractivity contribution in [2.24, 2.45) is 0 Å². The highest BCUT2D eigenvalue weighted by atomic mass is 35.5. The third kappa shape index (κ3) is 3.85. The van der Waals surface area contributed by atoms with Crippen molar-refractivity contribution in [2.75, 3.05) is 4.90 Å². The molecule has 0 spiro atoms. The van der Waals surface area contributed by atoms with Crippen molar-refractivity contribution < 1.29 is 19.4 Å². The third-order valence-corrected chi connectivity index (χ3v) is 1.79. The van der Waals surface area contributed by atoms with E-state index in [0.717, 1.165) is 0 Å². The van der Waals surface area contributed by atoms with Gasteiger partial charge in [0.15, 0.2) is 0 Å². The van der Waals surface area contributed by atoms with Gasteiger partial charge in [0.2, 0.25) is 5.95 Å². The third-order valence-electron chi connectivity index (χ3n) is 1.58. The van der Waals surface area contributed by atoms with Crippen molar-refractivity contribution in [1.82, 2.24) is 9.97 Å². The zero-order valence-corrected chi connectivity index (χ0v) is 10.8. The van der Waals surface area contributed by atoms with Gasteiger partial charge in [0, 0.05) is 6.20 Å². The number of amides is 2. The number of carbonyl (C=O) groups is 2. The number of hydrogen-bond acceptors (Lipinski definition) is 5. The zero-order chi connectivity index (χ0) is 13.9. The number of carboxylic acid groups (broad SMARTS) is 1. The molecule has 8 heteroatoms. The smallest absolute Gasteiger partial charge is 0.427 e. The maximum Gasteiger partial charge on any atom is 0.427 e. The van der Waals surface area contributed by atoms with Crippen LogP contribution in [0.2, 0.25) is 5.15 Å². The first kappa shape index (κ1) is 14.2. The number of imide groups is 1. The standard InChI is InChI=1S/C10H12ClN3O4/c1-10(2,3)18-9(17)14(8(15)16)7-12-5-4-6(11)13-7/h4-5H,1-3H3,(H,15,16). The predicted octanol–water partition coefficient (Wildman–Crippen LogP) is 2.55. The number of carbonyl (C=O) groups excluding carboxylic acids is 1. The summed E-state index contributed by atoms with van der Waals surface area (Å²) < 4.78 is 4.94. The molecule has 18 heavy (non-hydrogen) atoms. The normalized spacial score (nSPS) is 10.9. The fraction of sp³-hybridized carbons (Fsp3) is 0.400. The second-order valence-electron chi connectivity index (χ2n) is 4.28. The van der Waals surface area contributed by atoms with Crippen molar-refractivity contribution in [3.8, 4) is 0 Å². The first-order valence-corrected chi connectivity index (χ1v) is 5.33. The Morgan fingerprint density at radius 2 is 2.06 bits per heavy atom. The van der Waals surface area contributed by atoms with Crippen LogP contribution in [0.3, 0.4) is 0 Å². The van der Waals surface area contributed by atoms with Crippen molar-refractivity contribution in [3.05, 3.63) is 17.4 Å². The van der Waals surface area contributed by atoms with Gasteiger partial charge in [-0.05, 0) is 26.8 Å². The molecule has 0 fully saturated rings. The second-order valence-corrected chi connectivity index (χ2v) is 4.66. The maximum atomic E-state index is 11.7. The summed E-state index contributed by atoms with van der Waals surface area (Å²) in [5.41, 5.74) is -0.830. The topological polar surface area (TPSA) is 92.6 Å². The van der Waals surface area contributed by atoms with E-state index >= 15 is 0 Å². The summed E-state index contributed by atoms with van der Waals surface area (Å²) >= 11 is 5.61. The van der Waals surface area contributed by atoms with E-state index in [1.54, 1.807) is 20.8 Å². The van der Waals surface area contributed by atoms with Crippen LogP contribution in [0.15, 0.2) is 12.3 Å². The molecule has 0 unspecified atom stereocenters. The Hall–Kier alpha value is -1.89. The quantitative estimate of drug-likeness (QED) is 0.791. The van der Waals surface area contributed by atoms with Gasteiger partial charge in [-0.3, -0.25) is 0 Å². The molecule has 0 atom stereocenters. The molecule has 0 bridgehead atoms. The number of aromatic nitrogens is 2. The van der Waals surface area contributed by atoms with Crippen molar-refractivity contribution in [2.45, 2.75) is 26.4 Å². The maximum absolute atomic E-state index is 11.7. The van der Waals surface area contributed by atoms with Gasteiger partial charge in [0.25, 0.3) is 0 Å². The van der Waals surface area contributed by atoms with E-state index in [1.807, 2.05) is 0 Å². The fourth-order valence-electron chi connectivity index (χ4n) is 0.988. The van der Waals surface area contributed by atoms with Crippen molar-refractivity contribution in [1.29, 1.82) is 0 Å². The van der Waals surface area contributed by atoms with E-state index in [9.17, 15) is 9.59 Å². The highest BCUT2D eigenvalue weighted by Gasteiger charge is 2.30. The van der Waals surface area contributed by atoms with Gasteiger partial charge in [-0.15, -0.1) is 4.90 Å². The van der Waals surface area contributed by atoms with Gasteiger partial charge in [-0.25, -0.2) is 19.6 Å². The van der Waals surface area contributed by atoms with E-state index in [1.165, 1.54) is 12.3 Å². The lowest BCUT2D eigenvalue weighted by Crippen LogP contribution is -2.41. The van der Waals surface area contributed by atoms with Gasteiger partial charge in [-0.1, -0.05) is 11.6 Å². The molecule has 1 aromatic heterocycles. The molecule has 1 rings (SSSR count). The minimum atomic E-state index is -1.55. The molecule has 0 aliphatic rings. The molecular weight excluding hydrogens is 262 g/mol. The van der Waals surface area contributed by atoms with Crippen LogP contribution in [-0.4, -0.2) is 32.9 Å². The lowest BCUT2D eigenvalue weighted by molar-refractivity contribution is 0.0579. The summed E-state index contributed by atoms with van der Waals surface area (Å²) in [7, 11) is 0. The van der Waals surface area contributed by atoms with E-state index in [4.69, 9.17) is 21.4 Å². The lowest BCUT2D eigenvalue weighted by atomic mass is 10.2.